The maximum absolute atomic E-state index is 5.33. The summed E-state index contributed by atoms with van der Waals surface area (Å²) in [5.74, 6) is 0.199. The molecule has 0 radical (unpaired) electrons. The van der Waals surface area contributed by atoms with Crippen LogP contribution in [0.4, 0.5) is 0 Å². The van der Waals surface area contributed by atoms with E-state index in [1.54, 1.807) is 6.26 Å². The highest BCUT2D eigenvalue weighted by molar-refractivity contribution is 5.83. The first-order valence-corrected chi connectivity index (χ1v) is 7.47. The highest BCUT2D eigenvalue weighted by Crippen LogP contribution is 2.33. The molecule has 22 heavy (non-hydrogen) atoms. The van der Waals surface area contributed by atoms with E-state index in [4.69, 9.17) is 4.42 Å². The lowest BCUT2D eigenvalue weighted by atomic mass is 9.86. The Morgan fingerprint density at radius 2 is 1.36 bits per heavy atom. The Morgan fingerprint density at radius 3 is 2.14 bits per heavy atom. The number of rotatable bonds is 3. The molecule has 1 nitrogen and oxygen atoms in total. The maximum Gasteiger partial charge on any atom is 0.0944 e. The predicted octanol–water partition coefficient (Wildman–Crippen LogP) is 5.61. The minimum absolute atomic E-state index is 0.199. The topological polar surface area (TPSA) is 13.1 Å². The molecule has 0 aliphatic heterocycles. The molecule has 0 aliphatic rings. The van der Waals surface area contributed by atoms with E-state index in [-0.39, 0.29) is 5.92 Å². The third-order valence-electron chi connectivity index (χ3n) is 4.12. The second-order valence-electron chi connectivity index (χ2n) is 5.51. The summed E-state index contributed by atoms with van der Waals surface area (Å²) in [5, 5.41) is 2.54. The molecule has 0 N–H and O–H groups in total. The Kier molecular flexibility index (Phi) is 3.24. The van der Waals surface area contributed by atoms with Gasteiger partial charge >= 0.3 is 0 Å². The van der Waals surface area contributed by atoms with Crippen LogP contribution in [-0.2, 0) is 0 Å². The van der Waals surface area contributed by atoms with Crippen molar-refractivity contribution in [2.75, 3.05) is 0 Å². The summed E-state index contributed by atoms with van der Waals surface area (Å²) >= 11 is 0. The molecule has 0 aliphatic carbocycles. The molecule has 0 fully saturated rings. The fourth-order valence-corrected chi connectivity index (χ4v) is 3.05. The van der Waals surface area contributed by atoms with E-state index in [1.807, 2.05) is 12.3 Å². The van der Waals surface area contributed by atoms with E-state index >= 15 is 0 Å². The van der Waals surface area contributed by atoms with Gasteiger partial charge in [-0.15, -0.1) is 0 Å². The van der Waals surface area contributed by atoms with Gasteiger partial charge in [-0.25, -0.2) is 0 Å². The lowest BCUT2D eigenvalue weighted by molar-refractivity contribution is 0.563. The second kappa shape index (κ2) is 5.53. The van der Waals surface area contributed by atoms with Crippen LogP contribution in [0.1, 0.15) is 22.6 Å². The van der Waals surface area contributed by atoms with Crippen molar-refractivity contribution in [1.82, 2.24) is 0 Å². The zero-order chi connectivity index (χ0) is 14.8. The third kappa shape index (κ3) is 2.31. The molecule has 0 amide bonds. The smallest absolute Gasteiger partial charge is 0.0944 e. The van der Waals surface area contributed by atoms with Gasteiger partial charge in [0.2, 0.25) is 0 Å². The van der Waals surface area contributed by atoms with Crippen molar-refractivity contribution >= 4 is 10.8 Å². The van der Waals surface area contributed by atoms with Crippen LogP contribution in [0.5, 0.6) is 0 Å². The fraction of sp³-hybridized carbons (Fsp3) is 0.0476. The van der Waals surface area contributed by atoms with Crippen LogP contribution in [0, 0.1) is 0 Å². The largest absolute Gasteiger partial charge is 0.472 e. The van der Waals surface area contributed by atoms with Crippen molar-refractivity contribution < 1.29 is 4.42 Å². The van der Waals surface area contributed by atoms with Crippen LogP contribution < -0.4 is 0 Å². The molecule has 1 aromatic heterocycles. The van der Waals surface area contributed by atoms with Gasteiger partial charge in [0.15, 0.2) is 0 Å². The highest BCUT2D eigenvalue weighted by atomic mass is 16.3. The summed E-state index contributed by atoms with van der Waals surface area (Å²) in [5.41, 5.74) is 3.74. The highest BCUT2D eigenvalue weighted by Gasteiger charge is 2.17. The van der Waals surface area contributed by atoms with E-state index < -0.39 is 0 Å². The van der Waals surface area contributed by atoms with Gasteiger partial charge < -0.3 is 4.42 Å². The SMILES string of the molecule is c1ccc([C@H](c2ccoc2)c2ccc3ccccc3c2)cc1. The Bertz CT molecular complexity index is 876. The van der Waals surface area contributed by atoms with Crippen LogP contribution in [0.15, 0.2) is 95.8 Å². The van der Waals surface area contributed by atoms with Crippen molar-refractivity contribution in [2.45, 2.75) is 5.92 Å². The second-order valence-corrected chi connectivity index (χ2v) is 5.51. The van der Waals surface area contributed by atoms with Crippen molar-refractivity contribution in [3.8, 4) is 0 Å². The van der Waals surface area contributed by atoms with Crippen LogP contribution in [-0.4, -0.2) is 0 Å². The van der Waals surface area contributed by atoms with Crippen LogP contribution in [0.3, 0.4) is 0 Å². The van der Waals surface area contributed by atoms with Gasteiger partial charge in [-0.1, -0.05) is 72.8 Å². The molecule has 1 heterocycles. The van der Waals surface area contributed by atoms with Crippen molar-refractivity contribution in [2.24, 2.45) is 0 Å². The van der Waals surface area contributed by atoms with Crippen molar-refractivity contribution in [3.63, 3.8) is 0 Å². The number of hydrogen-bond donors (Lipinski definition) is 0. The molecule has 3 aromatic carbocycles. The van der Waals surface area contributed by atoms with Gasteiger partial charge in [0.1, 0.15) is 0 Å². The van der Waals surface area contributed by atoms with Gasteiger partial charge in [-0.2, -0.15) is 0 Å². The van der Waals surface area contributed by atoms with E-state index in [0.29, 0.717) is 0 Å². The lowest BCUT2D eigenvalue weighted by Gasteiger charge is -2.17. The predicted molar refractivity (Wildman–Crippen MR) is 90.0 cm³/mol. The van der Waals surface area contributed by atoms with Crippen LogP contribution >= 0.6 is 0 Å². The number of benzene rings is 3. The first-order chi connectivity index (χ1) is 10.9. The monoisotopic (exact) mass is 284 g/mol. The molecule has 0 unspecified atom stereocenters. The summed E-state index contributed by atoms with van der Waals surface area (Å²) in [7, 11) is 0. The molecule has 0 spiro atoms. The molecular formula is C21H16O. The fourth-order valence-electron chi connectivity index (χ4n) is 3.05. The minimum atomic E-state index is 0.199. The average Bonchev–Trinajstić information content (AvgIpc) is 3.10. The molecule has 1 atom stereocenters. The maximum atomic E-state index is 5.33. The van der Waals surface area contributed by atoms with Crippen molar-refractivity contribution in [3.05, 3.63) is 108 Å². The van der Waals surface area contributed by atoms with E-state index in [2.05, 4.69) is 72.8 Å². The van der Waals surface area contributed by atoms with Crippen molar-refractivity contribution in [1.29, 1.82) is 0 Å². The third-order valence-corrected chi connectivity index (χ3v) is 4.12. The average molecular weight is 284 g/mol. The summed E-state index contributed by atoms with van der Waals surface area (Å²) in [6.07, 6.45) is 3.58. The molecule has 0 saturated heterocycles. The Hall–Kier alpha value is -2.80. The van der Waals surface area contributed by atoms with Crippen LogP contribution in [0.2, 0.25) is 0 Å². The molecule has 0 saturated carbocycles. The Balaban J connectivity index is 1.89. The quantitative estimate of drug-likeness (QED) is 0.476. The Labute approximate surface area is 129 Å². The van der Waals surface area contributed by atoms with Gasteiger partial charge in [-0.3, -0.25) is 0 Å². The van der Waals surface area contributed by atoms with E-state index in [0.717, 1.165) is 0 Å². The molecular weight excluding hydrogens is 268 g/mol. The number of fused-ring (bicyclic) bond motifs is 1. The summed E-state index contributed by atoms with van der Waals surface area (Å²) in [6, 6.07) is 27.8. The summed E-state index contributed by atoms with van der Waals surface area (Å²) < 4.78 is 5.33. The molecule has 1 heteroatoms. The zero-order valence-electron chi connectivity index (χ0n) is 12.1. The Morgan fingerprint density at radius 1 is 0.591 bits per heavy atom. The first-order valence-electron chi connectivity index (χ1n) is 7.47. The van der Waals surface area contributed by atoms with E-state index in [9.17, 15) is 0 Å². The number of furan rings is 1. The number of hydrogen-bond acceptors (Lipinski definition) is 1. The van der Waals surface area contributed by atoms with Gasteiger partial charge in [-0.05, 0) is 28.0 Å². The van der Waals surface area contributed by atoms with Gasteiger partial charge in [0.25, 0.3) is 0 Å². The first kappa shape index (κ1) is 12.9. The summed E-state index contributed by atoms with van der Waals surface area (Å²) in [4.78, 5) is 0. The minimum Gasteiger partial charge on any atom is -0.472 e. The molecule has 4 aromatic rings. The zero-order valence-corrected chi connectivity index (χ0v) is 12.1. The summed E-state index contributed by atoms with van der Waals surface area (Å²) in [6.45, 7) is 0. The standard InChI is InChI=1S/C21H16O/c1-2-7-17(8-3-1)21(20-12-13-22-15-20)19-11-10-16-6-4-5-9-18(16)14-19/h1-15,21H/t21-/m0/s1. The molecule has 4 rings (SSSR count). The van der Waals surface area contributed by atoms with Gasteiger partial charge in [0.05, 0.1) is 12.5 Å². The molecule has 0 bridgehead atoms. The lowest BCUT2D eigenvalue weighted by Crippen LogP contribution is -2.02. The molecule has 106 valence electrons. The van der Waals surface area contributed by atoms with Gasteiger partial charge in [0, 0.05) is 11.5 Å². The van der Waals surface area contributed by atoms with E-state index in [1.165, 1.54) is 27.5 Å². The normalized spacial score (nSPS) is 12.4. The van der Waals surface area contributed by atoms with Crippen LogP contribution in [0.25, 0.3) is 10.8 Å².